The van der Waals surface area contributed by atoms with Crippen molar-refractivity contribution in [3.63, 3.8) is 0 Å². The lowest BCUT2D eigenvalue weighted by atomic mass is 10.2. The summed E-state index contributed by atoms with van der Waals surface area (Å²) in [6, 6.07) is 4.21. The highest BCUT2D eigenvalue weighted by Gasteiger charge is 2.06. The van der Waals surface area contributed by atoms with Crippen LogP contribution in [0.3, 0.4) is 0 Å². The van der Waals surface area contributed by atoms with Crippen LogP contribution in [0.15, 0.2) is 24.4 Å². The highest BCUT2D eigenvalue weighted by molar-refractivity contribution is 5.61. The van der Waals surface area contributed by atoms with Crippen molar-refractivity contribution in [2.75, 3.05) is 34.7 Å². The molecule has 0 saturated carbocycles. The van der Waals surface area contributed by atoms with Gasteiger partial charge in [-0.25, -0.2) is 0 Å². The quantitative estimate of drug-likeness (QED) is 0.741. The molecule has 84 valence electrons. The van der Waals surface area contributed by atoms with E-state index in [9.17, 15) is 0 Å². The van der Waals surface area contributed by atoms with Gasteiger partial charge in [-0.3, -0.25) is 0 Å². The molecular formula is C12H21N3. The molecular weight excluding hydrogens is 186 g/mol. The van der Waals surface area contributed by atoms with Crippen molar-refractivity contribution in [1.82, 2.24) is 14.4 Å². The summed E-state index contributed by atoms with van der Waals surface area (Å²) in [5.74, 6) is 0. The van der Waals surface area contributed by atoms with Crippen LogP contribution < -0.4 is 0 Å². The van der Waals surface area contributed by atoms with Gasteiger partial charge in [0, 0.05) is 33.9 Å². The molecule has 15 heavy (non-hydrogen) atoms. The molecule has 0 aliphatic carbocycles. The molecule has 0 unspecified atom stereocenters. The SMILES string of the molecule is CN(C)C/C=C(/c1cccn1C)N(C)C. The number of rotatable bonds is 4. The van der Waals surface area contributed by atoms with Gasteiger partial charge in [0.05, 0.1) is 11.4 Å². The van der Waals surface area contributed by atoms with E-state index >= 15 is 0 Å². The zero-order chi connectivity index (χ0) is 11.4. The summed E-state index contributed by atoms with van der Waals surface area (Å²) >= 11 is 0. The number of nitrogens with zero attached hydrogens (tertiary/aromatic N) is 3. The molecule has 0 atom stereocenters. The average molecular weight is 207 g/mol. The van der Waals surface area contributed by atoms with E-state index in [1.165, 1.54) is 11.4 Å². The van der Waals surface area contributed by atoms with E-state index in [1.807, 2.05) is 0 Å². The Morgan fingerprint density at radius 1 is 1.33 bits per heavy atom. The van der Waals surface area contributed by atoms with E-state index in [-0.39, 0.29) is 0 Å². The first-order valence-electron chi connectivity index (χ1n) is 5.16. The van der Waals surface area contributed by atoms with Crippen LogP contribution in [0.1, 0.15) is 5.69 Å². The predicted octanol–water partition coefficient (Wildman–Crippen LogP) is 1.49. The minimum atomic E-state index is 0.957. The summed E-state index contributed by atoms with van der Waals surface area (Å²) in [4.78, 5) is 4.31. The van der Waals surface area contributed by atoms with Gasteiger partial charge in [0.25, 0.3) is 0 Å². The fraction of sp³-hybridized carbons (Fsp3) is 0.500. The fourth-order valence-corrected chi connectivity index (χ4v) is 1.51. The number of aromatic nitrogens is 1. The Labute approximate surface area is 92.6 Å². The molecule has 1 rings (SSSR count). The Balaban J connectivity index is 2.93. The number of likely N-dealkylation sites (N-methyl/N-ethyl adjacent to an activating group) is 1. The molecule has 1 heterocycles. The van der Waals surface area contributed by atoms with E-state index in [0.717, 1.165) is 6.54 Å². The standard InChI is InChI=1S/C12H21N3/c1-13(2)10-8-11(14(3)4)12-7-6-9-15(12)5/h6-9H,10H2,1-5H3/b11-8-. The van der Waals surface area contributed by atoms with Gasteiger partial charge in [0.1, 0.15) is 0 Å². The molecule has 0 aliphatic rings. The summed E-state index contributed by atoms with van der Waals surface area (Å²) in [5, 5.41) is 0. The molecule has 1 aromatic rings. The summed E-state index contributed by atoms with van der Waals surface area (Å²) in [7, 11) is 10.4. The minimum Gasteiger partial charge on any atom is -0.376 e. The maximum atomic E-state index is 2.25. The van der Waals surface area contributed by atoms with Crippen LogP contribution in [0.25, 0.3) is 5.70 Å². The van der Waals surface area contributed by atoms with Gasteiger partial charge in [-0.05, 0) is 32.3 Å². The molecule has 0 saturated heterocycles. The highest BCUT2D eigenvalue weighted by Crippen LogP contribution is 2.16. The molecule has 0 spiro atoms. The summed E-state index contributed by atoms with van der Waals surface area (Å²) in [6.45, 7) is 0.957. The zero-order valence-corrected chi connectivity index (χ0v) is 10.4. The summed E-state index contributed by atoms with van der Waals surface area (Å²) < 4.78 is 2.14. The highest BCUT2D eigenvalue weighted by atomic mass is 15.1. The van der Waals surface area contributed by atoms with Gasteiger partial charge in [-0.15, -0.1) is 0 Å². The third-order valence-electron chi connectivity index (χ3n) is 2.34. The largest absolute Gasteiger partial charge is 0.376 e. The van der Waals surface area contributed by atoms with E-state index in [0.29, 0.717) is 0 Å². The van der Waals surface area contributed by atoms with Crippen LogP contribution in [0.5, 0.6) is 0 Å². The summed E-state index contributed by atoms with van der Waals surface area (Å²) in [5.41, 5.74) is 2.51. The van der Waals surface area contributed by atoms with Crippen LogP contribution in [0.4, 0.5) is 0 Å². The third kappa shape index (κ3) is 3.13. The van der Waals surface area contributed by atoms with Crippen LogP contribution in [-0.4, -0.2) is 49.1 Å². The van der Waals surface area contributed by atoms with E-state index < -0.39 is 0 Å². The van der Waals surface area contributed by atoms with Crippen molar-refractivity contribution >= 4 is 5.70 Å². The lowest BCUT2D eigenvalue weighted by Crippen LogP contribution is -2.16. The first-order valence-corrected chi connectivity index (χ1v) is 5.16. The van der Waals surface area contributed by atoms with E-state index in [2.05, 4.69) is 74.0 Å². The Morgan fingerprint density at radius 2 is 2.00 bits per heavy atom. The van der Waals surface area contributed by atoms with Gasteiger partial charge >= 0.3 is 0 Å². The van der Waals surface area contributed by atoms with Gasteiger partial charge < -0.3 is 14.4 Å². The van der Waals surface area contributed by atoms with E-state index in [1.54, 1.807) is 0 Å². The third-order valence-corrected chi connectivity index (χ3v) is 2.34. The Morgan fingerprint density at radius 3 is 2.40 bits per heavy atom. The van der Waals surface area contributed by atoms with Crippen molar-refractivity contribution in [3.05, 3.63) is 30.1 Å². The first kappa shape index (κ1) is 11.9. The second-order valence-corrected chi connectivity index (χ2v) is 4.25. The number of hydrogen-bond acceptors (Lipinski definition) is 2. The molecule has 1 aromatic heterocycles. The Hall–Kier alpha value is -1.22. The van der Waals surface area contributed by atoms with Crippen LogP contribution >= 0.6 is 0 Å². The maximum Gasteiger partial charge on any atom is 0.0638 e. The molecule has 3 heteroatoms. The molecule has 0 amide bonds. The lowest BCUT2D eigenvalue weighted by molar-refractivity contribution is 0.453. The monoisotopic (exact) mass is 207 g/mol. The molecule has 0 fully saturated rings. The van der Waals surface area contributed by atoms with Gasteiger partial charge in [-0.1, -0.05) is 0 Å². The summed E-state index contributed by atoms with van der Waals surface area (Å²) in [6.07, 6.45) is 4.32. The lowest BCUT2D eigenvalue weighted by Gasteiger charge is -2.19. The minimum absolute atomic E-state index is 0.957. The van der Waals surface area contributed by atoms with Crippen LogP contribution in [0, 0.1) is 0 Å². The molecule has 0 aromatic carbocycles. The number of hydrogen-bond donors (Lipinski definition) is 0. The molecule has 0 radical (unpaired) electrons. The maximum absolute atomic E-state index is 2.25. The molecule has 0 aliphatic heterocycles. The van der Waals surface area contributed by atoms with Crippen molar-refractivity contribution in [2.45, 2.75) is 0 Å². The van der Waals surface area contributed by atoms with Crippen molar-refractivity contribution in [1.29, 1.82) is 0 Å². The van der Waals surface area contributed by atoms with Gasteiger partial charge in [0.15, 0.2) is 0 Å². The first-order chi connectivity index (χ1) is 7.02. The Bertz CT molecular complexity index is 334. The normalized spacial score (nSPS) is 12.3. The van der Waals surface area contributed by atoms with Crippen molar-refractivity contribution < 1.29 is 0 Å². The predicted molar refractivity (Wildman–Crippen MR) is 65.6 cm³/mol. The second kappa shape index (κ2) is 5.03. The molecule has 3 nitrogen and oxygen atoms in total. The van der Waals surface area contributed by atoms with Gasteiger partial charge in [0.2, 0.25) is 0 Å². The zero-order valence-electron chi connectivity index (χ0n) is 10.4. The van der Waals surface area contributed by atoms with Crippen molar-refractivity contribution in [3.8, 4) is 0 Å². The average Bonchev–Trinajstić information content (AvgIpc) is 2.51. The topological polar surface area (TPSA) is 11.4 Å². The fourth-order valence-electron chi connectivity index (χ4n) is 1.51. The molecule has 0 N–H and O–H groups in total. The number of aryl methyl sites for hydroxylation is 1. The smallest absolute Gasteiger partial charge is 0.0638 e. The molecule has 0 bridgehead atoms. The second-order valence-electron chi connectivity index (χ2n) is 4.25. The van der Waals surface area contributed by atoms with Crippen LogP contribution in [-0.2, 0) is 7.05 Å². The van der Waals surface area contributed by atoms with Crippen LogP contribution in [0.2, 0.25) is 0 Å². The van der Waals surface area contributed by atoms with Gasteiger partial charge in [-0.2, -0.15) is 0 Å². The van der Waals surface area contributed by atoms with Crippen molar-refractivity contribution in [2.24, 2.45) is 7.05 Å². The Kier molecular flexibility index (Phi) is 3.97. The van der Waals surface area contributed by atoms with E-state index in [4.69, 9.17) is 0 Å².